The average Bonchev–Trinajstić information content (AvgIpc) is 2.59. The van der Waals surface area contributed by atoms with Gasteiger partial charge in [0.15, 0.2) is 11.5 Å². The summed E-state index contributed by atoms with van der Waals surface area (Å²) in [5.41, 5.74) is 3.19. The zero-order chi connectivity index (χ0) is 16.4. The molecule has 0 fully saturated rings. The third kappa shape index (κ3) is 4.57. The second kappa shape index (κ2) is 9.09. The molecule has 1 aromatic carbocycles. The van der Waals surface area contributed by atoms with E-state index < -0.39 is 0 Å². The van der Waals surface area contributed by atoms with E-state index in [0.717, 1.165) is 7.11 Å². The maximum Gasteiger partial charge on any atom is 0.272 e. The zero-order valence-electron chi connectivity index (χ0n) is 12.2. The van der Waals surface area contributed by atoms with Crippen molar-refractivity contribution in [2.24, 2.45) is 5.10 Å². The number of nitrogens with zero attached hydrogens (tertiary/aromatic N) is 2. The lowest BCUT2D eigenvalue weighted by molar-refractivity contribution is 0.0954. The van der Waals surface area contributed by atoms with Crippen LogP contribution in [-0.4, -0.2) is 41.5 Å². The summed E-state index contributed by atoms with van der Waals surface area (Å²) < 4.78 is 4.98. The van der Waals surface area contributed by atoms with Gasteiger partial charge < -0.3 is 14.9 Å². The predicted molar refractivity (Wildman–Crippen MR) is 82.1 cm³/mol. The average molecular weight is 303 g/mol. The van der Waals surface area contributed by atoms with E-state index in [2.05, 4.69) is 15.5 Å². The fraction of sp³-hybridized carbons (Fsp3) is 0.133. The fourth-order valence-corrected chi connectivity index (χ4v) is 1.53. The molecule has 3 N–H and O–H groups in total. The number of aliphatic hydroxyl groups is 1. The van der Waals surface area contributed by atoms with Crippen LogP contribution in [0.2, 0.25) is 0 Å². The van der Waals surface area contributed by atoms with Crippen LogP contribution in [0, 0.1) is 0 Å². The van der Waals surface area contributed by atoms with Crippen LogP contribution in [0.15, 0.2) is 47.8 Å². The number of aromatic hydroxyl groups is 1. The quantitative estimate of drug-likeness (QED) is 0.581. The molecule has 1 heterocycles. The lowest BCUT2D eigenvalue weighted by atomic mass is 10.2. The number of benzene rings is 1. The summed E-state index contributed by atoms with van der Waals surface area (Å²) >= 11 is 0. The lowest BCUT2D eigenvalue weighted by Gasteiger charge is -2.04. The zero-order valence-corrected chi connectivity index (χ0v) is 12.2. The van der Waals surface area contributed by atoms with E-state index in [0.29, 0.717) is 16.9 Å². The molecule has 2 rings (SSSR count). The van der Waals surface area contributed by atoms with E-state index in [1.165, 1.54) is 19.5 Å². The summed E-state index contributed by atoms with van der Waals surface area (Å²) in [7, 11) is 2.46. The smallest absolute Gasteiger partial charge is 0.272 e. The number of carbonyl (C=O) groups excluding carboxylic acids is 1. The summed E-state index contributed by atoms with van der Waals surface area (Å²) in [6.45, 7) is 0. The number of aliphatic hydroxyl groups excluding tert-OH is 1. The number of aromatic nitrogens is 1. The number of amides is 1. The second-order valence-corrected chi connectivity index (χ2v) is 3.84. The van der Waals surface area contributed by atoms with Crippen LogP contribution in [0.5, 0.6) is 11.5 Å². The first-order valence-electron chi connectivity index (χ1n) is 6.26. The molecule has 22 heavy (non-hydrogen) atoms. The molecular formula is C15H17N3O4. The van der Waals surface area contributed by atoms with Crippen molar-refractivity contribution in [2.75, 3.05) is 14.2 Å². The van der Waals surface area contributed by atoms with E-state index in [4.69, 9.17) is 9.84 Å². The van der Waals surface area contributed by atoms with Gasteiger partial charge >= 0.3 is 0 Å². The molecular weight excluding hydrogens is 286 g/mol. The van der Waals surface area contributed by atoms with Crippen molar-refractivity contribution in [3.8, 4) is 11.5 Å². The molecule has 1 amide bonds. The van der Waals surface area contributed by atoms with Gasteiger partial charge in [-0.2, -0.15) is 5.10 Å². The van der Waals surface area contributed by atoms with Gasteiger partial charge in [-0.25, -0.2) is 5.43 Å². The first kappa shape index (κ1) is 17.1. The molecule has 0 radical (unpaired) electrons. The van der Waals surface area contributed by atoms with Crippen molar-refractivity contribution >= 4 is 12.1 Å². The van der Waals surface area contributed by atoms with E-state index in [1.807, 2.05) is 0 Å². The number of pyridine rings is 1. The standard InChI is InChI=1S/C14H13N3O3.CH4O/c1-20-12-6-2-4-10(13(12)18)9-16-17-14(19)11-5-3-7-15-8-11;1-2/h2-9,18H,1H3,(H,17,19);2H,1H3/b16-9+;. The highest BCUT2D eigenvalue weighted by molar-refractivity contribution is 5.94. The van der Waals surface area contributed by atoms with Gasteiger partial charge in [0.2, 0.25) is 0 Å². The van der Waals surface area contributed by atoms with Crippen LogP contribution in [0.4, 0.5) is 0 Å². The summed E-state index contributed by atoms with van der Waals surface area (Å²) in [4.78, 5) is 15.5. The lowest BCUT2D eigenvalue weighted by Crippen LogP contribution is -2.17. The Bertz CT molecular complexity index is 630. The highest BCUT2D eigenvalue weighted by Crippen LogP contribution is 2.27. The number of nitrogens with one attached hydrogen (secondary N) is 1. The van der Waals surface area contributed by atoms with Gasteiger partial charge in [0.05, 0.1) is 18.9 Å². The van der Waals surface area contributed by atoms with Gasteiger partial charge in [0, 0.05) is 25.1 Å². The maximum absolute atomic E-state index is 11.7. The first-order valence-corrected chi connectivity index (χ1v) is 6.26. The summed E-state index contributed by atoms with van der Waals surface area (Å²) in [5, 5.41) is 20.6. The van der Waals surface area contributed by atoms with Crippen molar-refractivity contribution in [3.05, 3.63) is 53.9 Å². The monoisotopic (exact) mass is 303 g/mol. The number of phenols is 1. The maximum atomic E-state index is 11.7. The van der Waals surface area contributed by atoms with Crippen LogP contribution >= 0.6 is 0 Å². The van der Waals surface area contributed by atoms with Gasteiger partial charge in [-0.05, 0) is 24.3 Å². The normalized spacial score (nSPS) is 9.77. The third-order valence-electron chi connectivity index (χ3n) is 2.54. The number of carbonyl (C=O) groups is 1. The molecule has 0 aliphatic rings. The number of hydrazone groups is 1. The number of phenolic OH excluding ortho intramolecular Hbond substituents is 1. The summed E-state index contributed by atoms with van der Waals surface area (Å²) in [5.74, 6) is -0.0707. The first-order chi connectivity index (χ1) is 10.7. The molecule has 2 aromatic rings. The largest absolute Gasteiger partial charge is 0.504 e. The van der Waals surface area contributed by atoms with E-state index >= 15 is 0 Å². The van der Waals surface area contributed by atoms with Crippen molar-refractivity contribution in [3.63, 3.8) is 0 Å². The molecule has 0 saturated carbocycles. The van der Waals surface area contributed by atoms with Crippen LogP contribution in [0.1, 0.15) is 15.9 Å². The molecule has 0 atom stereocenters. The molecule has 0 spiro atoms. The minimum atomic E-state index is -0.378. The molecule has 0 unspecified atom stereocenters. The van der Waals surface area contributed by atoms with Crippen molar-refractivity contribution in [1.29, 1.82) is 0 Å². The Morgan fingerprint density at radius 3 is 2.73 bits per heavy atom. The predicted octanol–water partition coefficient (Wildman–Crippen LogP) is 1.17. The van der Waals surface area contributed by atoms with Crippen molar-refractivity contribution < 1.29 is 19.7 Å². The second-order valence-electron chi connectivity index (χ2n) is 3.84. The minimum absolute atomic E-state index is 0.0330. The highest BCUT2D eigenvalue weighted by Gasteiger charge is 2.06. The minimum Gasteiger partial charge on any atom is -0.504 e. The number of ether oxygens (including phenoxy) is 1. The molecule has 0 aliphatic carbocycles. The number of rotatable bonds is 4. The van der Waals surface area contributed by atoms with Gasteiger partial charge in [-0.1, -0.05) is 6.07 Å². The van der Waals surface area contributed by atoms with Gasteiger partial charge in [-0.15, -0.1) is 0 Å². The van der Waals surface area contributed by atoms with Gasteiger partial charge in [0.25, 0.3) is 5.91 Å². The molecule has 7 nitrogen and oxygen atoms in total. The van der Waals surface area contributed by atoms with Crippen molar-refractivity contribution in [2.45, 2.75) is 0 Å². The Labute approximate surface area is 127 Å². The molecule has 0 bridgehead atoms. The SMILES string of the molecule is CO.COc1cccc(/C=N/NC(=O)c2cccnc2)c1O. The number of para-hydroxylation sites is 1. The molecule has 0 saturated heterocycles. The van der Waals surface area contributed by atoms with Crippen LogP contribution in [0.25, 0.3) is 0 Å². The molecule has 1 aromatic heterocycles. The highest BCUT2D eigenvalue weighted by atomic mass is 16.5. The van der Waals surface area contributed by atoms with Crippen LogP contribution in [-0.2, 0) is 0 Å². The Morgan fingerprint density at radius 1 is 1.32 bits per heavy atom. The van der Waals surface area contributed by atoms with E-state index in [-0.39, 0.29) is 11.7 Å². The Kier molecular flexibility index (Phi) is 7.07. The fourth-order valence-electron chi connectivity index (χ4n) is 1.53. The molecule has 7 heteroatoms. The number of methoxy groups -OCH3 is 1. The number of hydrogen-bond donors (Lipinski definition) is 3. The van der Waals surface area contributed by atoms with E-state index in [9.17, 15) is 9.90 Å². The summed E-state index contributed by atoms with van der Waals surface area (Å²) in [6.07, 6.45) is 4.36. The summed E-state index contributed by atoms with van der Waals surface area (Å²) in [6, 6.07) is 8.27. The number of hydrogen-bond acceptors (Lipinski definition) is 6. The Morgan fingerprint density at radius 2 is 2.09 bits per heavy atom. The van der Waals surface area contributed by atoms with Gasteiger partial charge in [-0.3, -0.25) is 9.78 Å². The van der Waals surface area contributed by atoms with E-state index in [1.54, 1.807) is 36.5 Å². The Hall–Kier alpha value is -2.93. The Balaban J connectivity index is 0.00000116. The third-order valence-corrected chi connectivity index (χ3v) is 2.54. The van der Waals surface area contributed by atoms with Crippen LogP contribution < -0.4 is 10.2 Å². The molecule has 0 aliphatic heterocycles. The molecule has 116 valence electrons. The van der Waals surface area contributed by atoms with Crippen LogP contribution in [0.3, 0.4) is 0 Å². The van der Waals surface area contributed by atoms with Gasteiger partial charge in [0.1, 0.15) is 0 Å². The van der Waals surface area contributed by atoms with Crippen molar-refractivity contribution in [1.82, 2.24) is 10.4 Å². The topological polar surface area (TPSA) is 104 Å².